The smallest absolute Gasteiger partial charge is 0.337 e. The first kappa shape index (κ1) is 18.1. The molecule has 0 aliphatic heterocycles. The zero-order valence-corrected chi connectivity index (χ0v) is 14.5. The summed E-state index contributed by atoms with van der Waals surface area (Å²) in [4.78, 5) is 23.6. The molecule has 0 radical (unpaired) electrons. The van der Waals surface area contributed by atoms with Crippen LogP contribution in [0.2, 0.25) is 10.0 Å². The lowest BCUT2D eigenvalue weighted by atomic mass is 10.2. The Labute approximate surface area is 149 Å². The molecule has 2 aromatic carbocycles. The fourth-order valence-electron chi connectivity index (χ4n) is 1.87. The van der Waals surface area contributed by atoms with Gasteiger partial charge in [0, 0.05) is 5.02 Å². The maximum Gasteiger partial charge on any atom is 0.337 e. The van der Waals surface area contributed by atoms with Crippen molar-refractivity contribution in [1.29, 1.82) is 0 Å². The Kier molecular flexibility index (Phi) is 6.06. The van der Waals surface area contributed by atoms with Crippen molar-refractivity contribution in [2.45, 2.75) is 13.0 Å². The molecule has 0 spiro atoms. The molecule has 2 aromatic rings. The van der Waals surface area contributed by atoms with Gasteiger partial charge in [-0.2, -0.15) is 0 Å². The second kappa shape index (κ2) is 8.04. The third kappa shape index (κ3) is 4.63. The van der Waals surface area contributed by atoms with Gasteiger partial charge in [0.2, 0.25) is 0 Å². The molecule has 0 bridgehead atoms. The molecule has 0 aliphatic rings. The van der Waals surface area contributed by atoms with Gasteiger partial charge in [-0.25, -0.2) is 4.79 Å². The van der Waals surface area contributed by atoms with E-state index in [2.05, 4.69) is 10.1 Å². The minimum Gasteiger partial charge on any atom is -0.481 e. The number of carbonyl (C=O) groups is 2. The lowest BCUT2D eigenvalue weighted by molar-refractivity contribution is -0.122. The second-order valence-electron chi connectivity index (χ2n) is 4.89. The van der Waals surface area contributed by atoms with Crippen molar-refractivity contribution in [3.05, 3.63) is 58.1 Å². The van der Waals surface area contributed by atoms with Gasteiger partial charge in [-0.05, 0) is 49.4 Å². The summed E-state index contributed by atoms with van der Waals surface area (Å²) in [6.07, 6.45) is -0.774. The zero-order valence-electron chi connectivity index (χ0n) is 13.0. The standard InChI is InChI=1S/C17H15Cl2NO4/c1-10(16(21)20-15-9-12(18)5-8-14(15)19)24-13-6-3-11(4-7-13)17(22)23-2/h3-10H,1-2H3,(H,20,21)/t10-/m1/s1. The summed E-state index contributed by atoms with van der Waals surface area (Å²) in [7, 11) is 1.31. The van der Waals surface area contributed by atoms with Gasteiger partial charge in [0.05, 0.1) is 23.4 Å². The molecular weight excluding hydrogens is 353 g/mol. The molecule has 0 heterocycles. The molecule has 0 fully saturated rings. The first-order chi connectivity index (χ1) is 11.4. The molecule has 5 nitrogen and oxygen atoms in total. The minimum atomic E-state index is -0.774. The van der Waals surface area contributed by atoms with Crippen LogP contribution >= 0.6 is 23.2 Å². The summed E-state index contributed by atoms with van der Waals surface area (Å²) >= 11 is 11.9. The summed E-state index contributed by atoms with van der Waals surface area (Å²) < 4.78 is 10.2. The maximum atomic E-state index is 12.2. The van der Waals surface area contributed by atoms with E-state index in [0.29, 0.717) is 27.0 Å². The van der Waals surface area contributed by atoms with Crippen LogP contribution in [-0.4, -0.2) is 25.1 Å². The lowest BCUT2D eigenvalue weighted by Crippen LogP contribution is -2.30. The maximum absolute atomic E-state index is 12.2. The number of hydrogen-bond donors (Lipinski definition) is 1. The number of methoxy groups -OCH3 is 1. The summed E-state index contributed by atoms with van der Waals surface area (Å²) in [5.41, 5.74) is 0.804. The van der Waals surface area contributed by atoms with E-state index in [9.17, 15) is 9.59 Å². The number of halogens is 2. The Bertz CT molecular complexity index is 747. The average molecular weight is 368 g/mol. The van der Waals surface area contributed by atoms with Gasteiger partial charge < -0.3 is 14.8 Å². The van der Waals surface area contributed by atoms with E-state index >= 15 is 0 Å². The van der Waals surface area contributed by atoms with Gasteiger partial charge in [-0.15, -0.1) is 0 Å². The predicted octanol–water partition coefficient (Wildman–Crippen LogP) is 4.19. The average Bonchev–Trinajstić information content (AvgIpc) is 2.58. The number of amides is 1. The van der Waals surface area contributed by atoms with Crippen molar-refractivity contribution < 1.29 is 19.1 Å². The molecular formula is C17H15Cl2NO4. The second-order valence-corrected chi connectivity index (χ2v) is 5.73. The van der Waals surface area contributed by atoms with E-state index in [4.69, 9.17) is 27.9 Å². The third-order valence-electron chi connectivity index (χ3n) is 3.14. The topological polar surface area (TPSA) is 64.6 Å². The highest BCUT2D eigenvalue weighted by Crippen LogP contribution is 2.25. The van der Waals surface area contributed by atoms with Crippen molar-refractivity contribution in [3.8, 4) is 5.75 Å². The monoisotopic (exact) mass is 367 g/mol. The highest BCUT2D eigenvalue weighted by atomic mass is 35.5. The van der Waals surface area contributed by atoms with Crippen LogP contribution in [0.5, 0.6) is 5.75 Å². The van der Waals surface area contributed by atoms with Crippen LogP contribution in [0.4, 0.5) is 5.69 Å². The number of benzene rings is 2. The molecule has 0 saturated heterocycles. The summed E-state index contributed by atoms with van der Waals surface area (Å²) in [6.45, 7) is 1.60. The number of rotatable bonds is 5. The van der Waals surface area contributed by atoms with E-state index in [1.165, 1.54) is 7.11 Å². The van der Waals surface area contributed by atoms with Gasteiger partial charge in [-0.1, -0.05) is 23.2 Å². The largest absolute Gasteiger partial charge is 0.481 e. The fraction of sp³-hybridized carbons (Fsp3) is 0.176. The van der Waals surface area contributed by atoms with Gasteiger partial charge >= 0.3 is 5.97 Å². The molecule has 7 heteroatoms. The Balaban J connectivity index is 2.01. The van der Waals surface area contributed by atoms with Crippen molar-refractivity contribution in [2.24, 2.45) is 0 Å². The Morgan fingerprint density at radius 1 is 1.08 bits per heavy atom. The molecule has 126 valence electrons. The molecule has 2 rings (SSSR count). The molecule has 0 aromatic heterocycles. The highest BCUT2D eigenvalue weighted by Gasteiger charge is 2.16. The highest BCUT2D eigenvalue weighted by molar-refractivity contribution is 6.35. The van der Waals surface area contributed by atoms with E-state index in [1.54, 1.807) is 49.4 Å². The summed E-state index contributed by atoms with van der Waals surface area (Å²) in [5.74, 6) is -0.373. The van der Waals surface area contributed by atoms with Crippen LogP contribution < -0.4 is 10.1 Å². The van der Waals surface area contributed by atoms with Crippen molar-refractivity contribution >= 4 is 40.8 Å². The number of ether oxygens (including phenoxy) is 2. The molecule has 0 unspecified atom stereocenters. The van der Waals surface area contributed by atoms with E-state index in [0.717, 1.165) is 0 Å². The Morgan fingerprint density at radius 3 is 2.38 bits per heavy atom. The Hall–Kier alpha value is -2.24. The van der Waals surface area contributed by atoms with Crippen molar-refractivity contribution in [1.82, 2.24) is 0 Å². The van der Waals surface area contributed by atoms with Crippen LogP contribution in [0.3, 0.4) is 0 Å². The molecule has 1 atom stereocenters. The molecule has 0 saturated carbocycles. The molecule has 24 heavy (non-hydrogen) atoms. The predicted molar refractivity (Wildman–Crippen MR) is 93.0 cm³/mol. The minimum absolute atomic E-state index is 0.377. The quantitative estimate of drug-likeness (QED) is 0.804. The molecule has 1 N–H and O–H groups in total. The zero-order chi connectivity index (χ0) is 17.7. The van der Waals surface area contributed by atoms with E-state index in [-0.39, 0.29) is 5.91 Å². The first-order valence-electron chi connectivity index (χ1n) is 7.01. The number of nitrogens with one attached hydrogen (secondary N) is 1. The van der Waals surface area contributed by atoms with Crippen LogP contribution in [0.1, 0.15) is 17.3 Å². The van der Waals surface area contributed by atoms with Crippen LogP contribution in [0.25, 0.3) is 0 Å². The third-order valence-corrected chi connectivity index (χ3v) is 3.71. The van der Waals surface area contributed by atoms with Crippen molar-refractivity contribution in [3.63, 3.8) is 0 Å². The molecule has 0 aliphatic carbocycles. The van der Waals surface area contributed by atoms with Gasteiger partial charge in [0.15, 0.2) is 6.10 Å². The normalized spacial score (nSPS) is 11.5. The van der Waals surface area contributed by atoms with E-state index < -0.39 is 12.1 Å². The summed E-state index contributed by atoms with van der Waals surface area (Å²) in [5, 5.41) is 3.49. The number of hydrogen-bond acceptors (Lipinski definition) is 4. The SMILES string of the molecule is COC(=O)c1ccc(O[C@H](C)C(=O)Nc2cc(Cl)ccc2Cl)cc1. The Morgan fingerprint density at radius 2 is 1.75 bits per heavy atom. The fourth-order valence-corrected chi connectivity index (χ4v) is 2.21. The lowest BCUT2D eigenvalue weighted by Gasteiger charge is -2.15. The van der Waals surface area contributed by atoms with Crippen LogP contribution in [-0.2, 0) is 9.53 Å². The van der Waals surface area contributed by atoms with Gasteiger partial charge in [0.1, 0.15) is 5.75 Å². The summed E-state index contributed by atoms with van der Waals surface area (Å²) in [6, 6.07) is 11.1. The number of carbonyl (C=O) groups excluding carboxylic acids is 2. The van der Waals surface area contributed by atoms with Crippen molar-refractivity contribution in [2.75, 3.05) is 12.4 Å². The molecule has 1 amide bonds. The first-order valence-corrected chi connectivity index (χ1v) is 7.77. The number of anilines is 1. The number of esters is 1. The van der Waals surface area contributed by atoms with Crippen LogP contribution in [0.15, 0.2) is 42.5 Å². The van der Waals surface area contributed by atoms with Gasteiger partial charge in [0.25, 0.3) is 5.91 Å². The van der Waals surface area contributed by atoms with Crippen LogP contribution in [0, 0.1) is 0 Å². The van der Waals surface area contributed by atoms with E-state index in [1.807, 2.05) is 0 Å². The van der Waals surface area contributed by atoms with Gasteiger partial charge in [-0.3, -0.25) is 4.79 Å².